The van der Waals surface area contributed by atoms with E-state index in [0.717, 1.165) is 12.1 Å². The molecule has 1 N–H and O–H groups in total. The summed E-state index contributed by atoms with van der Waals surface area (Å²) in [5, 5.41) is 2.86. The number of alkyl halides is 3. The SMILES string of the molecule is CN(C(=O)c1ccccc1Nc1cccc(C(F)(F)F)c1)[C@@H]1CCS(=O)(=O)C1. The van der Waals surface area contributed by atoms with Crippen molar-refractivity contribution in [2.24, 2.45) is 0 Å². The summed E-state index contributed by atoms with van der Waals surface area (Å²) in [5.74, 6) is -0.435. The van der Waals surface area contributed by atoms with Crippen LogP contribution < -0.4 is 5.32 Å². The van der Waals surface area contributed by atoms with Crippen LogP contribution in [0, 0.1) is 0 Å². The number of carbonyl (C=O) groups is 1. The number of sulfone groups is 1. The smallest absolute Gasteiger partial charge is 0.355 e. The third kappa shape index (κ3) is 4.46. The summed E-state index contributed by atoms with van der Waals surface area (Å²) in [4.78, 5) is 14.3. The number of para-hydroxylation sites is 1. The highest BCUT2D eigenvalue weighted by Crippen LogP contribution is 2.32. The summed E-state index contributed by atoms with van der Waals surface area (Å²) in [6.07, 6.45) is -4.10. The van der Waals surface area contributed by atoms with Crippen molar-refractivity contribution in [3.8, 4) is 0 Å². The van der Waals surface area contributed by atoms with E-state index in [2.05, 4.69) is 5.32 Å². The Bertz CT molecular complexity index is 990. The minimum atomic E-state index is -4.47. The van der Waals surface area contributed by atoms with Crippen LogP contribution in [0.4, 0.5) is 24.5 Å². The maximum atomic E-state index is 12.9. The number of carbonyl (C=O) groups excluding carboxylic acids is 1. The lowest BCUT2D eigenvalue weighted by atomic mass is 10.1. The normalized spacial score (nSPS) is 18.6. The molecule has 0 bridgehead atoms. The van der Waals surface area contributed by atoms with Crippen LogP contribution in [0.25, 0.3) is 0 Å². The quantitative estimate of drug-likeness (QED) is 0.832. The summed E-state index contributed by atoms with van der Waals surface area (Å²) < 4.78 is 62.1. The van der Waals surface area contributed by atoms with Gasteiger partial charge in [-0.3, -0.25) is 4.79 Å². The molecule has 1 saturated heterocycles. The molecule has 1 fully saturated rings. The zero-order chi connectivity index (χ0) is 20.5. The molecule has 0 radical (unpaired) electrons. The number of nitrogens with zero attached hydrogens (tertiary/aromatic N) is 1. The van der Waals surface area contributed by atoms with Gasteiger partial charge in [0.25, 0.3) is 5.91 Å². The van der Waals surface area contributed by atoms with Crippen molar-refractivity contribution in [1.82, 2.24) is 4.90 Å². The number of anilines is 2. The van der Waals surface area contributed by atoms with Crippen molar-refractivity contribution in [2.45, 2.75) is 18.6 Å². The molecule has 9 heteroatoms. The standard InChI is InChI=1S/C19H19F3N2O3S/c1-24(15-9-10-28(26,27)12-15)18(25)16-7-2-3-8-17(16)23-14-6-4-5-13(11-14)19(20,21)22/h2-8,11,15,23H,9-10,12H2,1H3/t15-/m1/s1. The van der Waals surface area contributed by atoms with Gasteiger partial charge >= 0.3 is 6.18 Å². The summed E-state index contributed by atoms with van der Waals surface area (Å²) in [6.45, 7) is 0. The van der Waals surface area contributed by atoms with E-state index in [9.17, 15) is 26.4 Å². The summed E-state index contributed by atoms with van der Waals surface area (Å²) in [6, 6.07) is 10.7. The first-order valence-electron chi connectivity index (χ1n) is 8.58. The zero-order valence-electron chi connectivity index (χ0n) is 15.0. The van der Waals surface area contributed by atoms with Crippen LogP contribution >= 0.6 is 0 Å². The van der Waals surface area contributed by atoms with Crippen molar-refractivity contribution in [3.05, 3.63) is 59.7 Å². The number of hydrogen-bond donors (Lipinski definition) is 1. The van der Waals surface area contributed by atoms with Crippen LogP contribution in [-0.4, -0.2) is 43.8 Å². The molecule has 2 aromatic rings. The molecule has 0 aromatic heterocycles. The second-order valence-corrected chi connectivity index (χ2v) is 8.95. The second-order valence-electron chi connectivity index (χ2n) is 6.72. The minimum Gasteiger partial charge on any atom is -0.355 e. The zero-order valence-corrected chi connectivity index (χ0v) is 15.8. The average molecular weight is 412 g/mol. The fourth-order valence-corrected chi connectivity index (χ4v) is 4.92. The lowest BCUT2D eigenvalue weighted by Crippen LogP contribution is -2.38. The summed E-state index contributed by atoms with van der Waals surface area (Å²) >= 11 is 0. The minimum absolute atomic E-state index is 0.0411. The molecule has 0 saturated carbocycles. The van der Waals surface area contributed by atoms with Crippen LogP contribution in [0.2, 0.25) is 0 Å². The Morgan fingerprint density at radius 2 is 1.86 bits per heavy atom. The second kappa shape index (κ2) is 7.46. The molecule has 5 nitrogen and oxygen atoms in total. The van der Waals surface area contributed by atoms with Crippen LogP contribution in [-0.2, 0) is 16.0 Å². The van der Waals surface area contributed by atoms with Gasteiger partial charge in [-0.2, -0.15) is 13.2 Å². The predicted octanol–water partition coefficient (Wildman–Crippen LogP) is 3.71. The first-order valence-corrected chi connectivity index (χ1v) is 10.4. The third-order valence-electron chi connectivity index (χ3n) is 4.70. The highest BCUT2D eigenvalue weighted by atomic mass is 32.2. The maximum Gasteiger partial charge on any atom is 0.416 e. The maximum absolute atomic E-state index is 12.9. The van der Waals surface area contributed by atoms with Crippen LogP contribution in [0.15, 0.2) is 48.5 Å². The Morgan fingerprint density at radius 3 is 2.50 bits per heavy atom. The molecule has 1 amide bonds. The number of halogens is 3. The molecule has 0 spiro atoms. The van der Waals surface area contributed by atoms with Gasteiger partial charge in [-0.25, -0.2) is 8.42 Å². The van der Waals surface area contributed by atoms with Crippen LogP contribution in [0.1, 0.15) is 22.3 Å². The van der Waals surface area contributed by atoms with Gasteiger partial charge in [0.05, 0.1) is 28.3 Å². The lowest BCUT2D eigenvalue weighted by Gasteiger charge is -2.24. The molecule has 150 valence electrons. The van der Waals surface area contributed by atoms with Crippen molar-refractivity contribution < 1.29 is 26.4 Å². The van der Waals surface area contributed by atoms with E-state index in [4.69, 9.17) is 0 Å². The molecular formula is C19H19F3N2O3S. The van der Waals surface area contributed by atoms with Crippen LogP contribution in [0.3, 0.4) is 0 Å². The van der Waals surface area contributed by atoms with E-state index in [1.165, 1.54) is 24.1 Å². The van der Waals surface area contributed by atoms with Gasteiger partial charge in [0.15, 0.2) is 9.84 Å². The molecule has 0 unspecified atom stereocenters. The van der Waals surface area contributed by atoms with Gasteiger partial charge in [-0.05, 0) is 36.8 Å². The summed E-state index contributed by atoms with van der Waals surface area (Å²) in [5.41, 5.74) is 0.00185. The Morgan fingerprint density at radius 1 is 1.14 bits per heavy atom. The van der Waals surface area contributed by atoms with E-state index in [-0.39, 0.29) is 22.8 Å². The largest absolute Gasteiger partial charge is 0.416 e. The van der Waals surface area contributed by atoms with E-state index < -0.39 is 33.5 Å². The van der Waals surface area contributed by atoms with E-state index in [0.29, 0.717) is 12.1 Å². The van der Waals surface area contributed by atoms with E-state index >= 15 is 0 Å². The molecule has 1 heterocycles. The average Bonchev–Trinajstić information content (AvgIpc) is 3.00. The Balaban J connectivity index is 1.85. The van der Waals surface area contributed by atoms with Gasteiger partial charge in [-0.1, -0.05) is 18.2 Å². The van der Waals surface area contributed by atoms with E-state index in [1.807, 2.05) is 0 Å². The molecule has 2 aromatic carbocycles. The molecule has 1 aliphatic rings. The topological polar surface area (TPSA) is 66.5 Å². The van der Waals surface area contributed by atoms with Gasteiger partial charge in [0, 0.05) is 18.8 Å². The van der Waals surface area contributed by atoms with Gasteiger partial charge in [0.2, 0.25) is 0 Å². The fourth-order valence-electron chi connectivity index (χ4n) is 3.14. The highest BCUT2D eigenvalue weighted by Gasteiger charge is 2.34. The Kier molecular flexibility index (Phi) is 5.38. The van der Waals surface area contributed by atoms with Crippen LogP contribution in [0.5, 0.6) is 0 Å². The number of amides is 1. The highest BCUT2D eigenvalue weighted by molar-refractivity contribution is 7.91. The summed E-state index contributed by atoms with van der Waals surface area (Å²) in [7, 11) is -1.61. The monoisotopic (exact) mass is 412 g/mol. The number of hydrogen-bond acceptors (Lipinski definition) is 4. The number of nitrogens with one attached hydrogen (secondary N) is 1. The first kappa shape index (κ1) is 20.2. The van der Waals surface area contributed by atoms with E-state index in [1.54, 1.807) is 24.3 Å². The predicted molar refractivity (Wildman–Crippen MR) is 100 cm³/mol. The Labute approximate surface area is 161 Å². The molecule has 3 rings (SSSR count). The van der Waals surface area contributed by atoms with Gasteiger partial charge in [-0.15, -0.1) is 0 Å². The first-order chi connectivity index (χ1) is 13.1. The van der Waals surface area contributed by atoms with Gasteiger partial charge < -0.3 is 10.2 Å². The number of rotatable bonds is 4. The van der Waals surface area contributed by atoms with Crippen molar-refractivity contribution in [2.75, 3.05) is 23.9 Å². The van der Waals surface area contributed by atoms with Crippen molar-refractivity contribution >= 4 is 27.1 Å². The third-order valence-corrected chi connectivity index (χ3v) is 6.45. The molecule has 0 aliphatic carbocycles. The van der Waals surface area contributed by atoms with Crippen molar-refractivity contribution in [1.29, 1.82) is 0 Å². The molecule has 1 atom stereocenters. The number of benzene rings is 2. The molecule has 1 aliphatic heterocycles. The molecule has 28 heavy (non-hydrogen) atoms. The lowest BCUT2D eigenvalue weighted by molar-refractivity contribution is -0.137. The van der Waals surface area contributed by atoms with Gasteiger partial charge in [0.1, 0.15) is 0 Å². The Hall–Kier alpha value is -2.55. The van der Waals surface area contributed by atoms with Crippen molar-refractivity contribution in [3.63, 3.8) is 0 Å². The fraction of sp³-hybridized carbons (Fsp3) is 0.316. The molecular weight excluding hydrogens is 393 g/mol.